The molecule has 0 bridgehead atoms. The van der Waals surface area contributed by atoms with Crippen LogP contribution in [-0.2, 0) is 9.59 Å². The molecule has 6 nitrogen and oxygen atoms in total. The highest BCUT2D eigenvalue weighted by atomic mass is 16.5. The molecule has 27 heavy (non-hydrogen) atoms. The molecule has 0 unspecified atom stereocenters. The topological polar surface area (TPSA) is 67.9 Å². The maximum absolute atomic E-state index is 12.4. The molecule has 6 heteroatoms. The predicted molar refractivity (Wildman–Crippen MR) is 105 cm³/mol. The van der Waals surface area contributed by atoms with Gasteiger partial charge in [-0.25, -0.2) is 0 Å². The lowest BCUT2D eigenvalue weighted by Gasteiger charge is -2.31. The summed E-state index contributed by atoms with van der Waals surface area (Å²) in [5, 5.41) is 2.96. The van der Waals surface area contributed by atoms with Gasteiger partial charge in [0.15, 0.2) is 11.5 Å². The molecule has 150 valence electrons. The summed E-state index contributed by atoms with van der Waals surface area (Å²) >= 11 is 0. The van der Waals surface area contributed by atoms with Gasteiger partial charge in [-0.05, 0) is 52.2 Å². The van der Waals surface area contributed by atoms with Crippen molar-refractivity contribution in [2.24, 2.45) is 5.92 Å². The monoisotopic (exact) mass is 376 g/mol. The van der Waals surface area contributed by atoms with E-state index in [0.717, 1.165) is 18.6 Å². The van der Waals surface area contributed by atoms with Gasteiger partial charge in [0.1, 0.15) is 0 Å². The molecule has 0 aliphatic carbocycles. The second-order valence-corrected chi connectivity index (χ2v) is 7.15. The number of para-hydroxylation sites is 2. The van der Waals surface area contributed by atoms with Crippen LogP contribution < -0.4 is 14.8 Å². The first kappa shape index (κ1) is 21.1. The first-order valence-electron chi connectivity index (χ1n) is 9.94. The fraction of sp³-hybridized carbons (Fsp3) is 0.619. The standard InChI is InChI=1S/C21H32N2O4/c1-4-26-18-8-5-6-9-19(18)27-15-7-10-20(24)23-13-11-17(12-14-23)21(25)22-16(2)3/h5-6,8-9,16-17H,4,7,10-15H2,1-3H3,(H,22,25). The average Bonchev–Trinajstić information content (AvgIpc) is 2.66. The fourth-order valence-corrected chi connectivity index (χ4v) is 3.20. The third-order valence-corrected chi connectivity index (χ3v) is 4.59. The third kappa shape index (κ3) is 6.77. The average molecular weight is 376 g/mol. The zero-order valence-electron chi connectivity index (χ0n) is 16.7. The lowest BCUT2D eigenvalue weighted by molar-refractivity contribution is -0.136. The number of rotatable bonds is 9. The van der Waals surface area contributed by atoms with Gasteiger partial charge in [-0.1, -0.05) is 12.1 Å². The Hall–Kier alpha value is -2.24. The number of ether oxygens (including phenoxy) is 2. The van der Waals surface area contributed by atoms with Crippen molar-refractivity contribution in [3.05, 3.63) is 24.3 Å². The number of nitrogens with one attached hydrogen (secondary N) is 1. The molecule has 0 saturated carbocycles. The Balaban J connectivity index is 1.68. The Kier molecular flexibility index (Phi) is 8.43. The lowest BCUT2D eigenvalue weighted by atomic mass is 9.95. The van der Waals surface area contributed by atoms with E-state index in [4.69, 9.17) is 9.47 Å². The van der Waals surface area contributed by atoms with Gasteiger partial charge in [0.05, 0.1) is 13.2 Å². The highest BCUT2D eigenvalue weighted by Gasteiger charge is 2.27. The maximum atomic E-state index is 12.4. The number of likely N-dealkylation sites (tertiary alicyclic amines) is 1. The smallest absolute Gasteiger partial charge is 0.223 e. The molecule has 1 N–H and O–H groups in total. The van der Waals surface area contributed by atoms with Crippen molar-refractivity contribution in [1.82, 2.24) is 10.2 Å². The van der Waals surface area contributed by atoms with Crippen molar-refractivity contribution in [2.45, 2.75) is 52.5 Å². The summed E-state index contributed by atoms with van der Waals surface area (Å²) in [5.41, 5.74) is 0. The lowest BCUT2D eigenvalue weighted by Crippen LogP contribution is -2.44. The van der Waals surface area contributed by atoms with Crippen molar-refractivity contribution in [3.8, 4) is 11.5 Å². The Labute approximate surface area is 162 Å². The molecule has 0 spiro atoms. The highest BCUT2D eigenvalue weighted by molar-refractivity contribution is 5.80. The van der Waals surface area contributed by atoms with Gasteiger partial charge in [-0.15, -0.1) is 0 Å². The quantitative estimate of drug-likeness (QED) is 0.673. The Bertz CT molecular complexity index is 610. The summed E-state index contributed by atoms with van der Waals surface area (Å²) in [6.07, 6.45) is 2.60. The number of carbonyl (C=O) groups excluding carboxylic acids is 2. The van der Waals surface area contributed by atoms with E-state index < -0.39 is 0 Å². The van der Waals surface area contributed by atoms with Crippen LogP contribution in [0.15, 0.2) is 24.3 Å². The molecule has 1 aliphatic heterocycles. The van der Waals surface area contributed by atoms with Crippen LogP contribution in [-0.4, -0.2) is 49.1 Å². The van der Waals surface area contributed by atoms with Crippen molar-refractivity contribution in [1.29, 1.82) is 0 Å². The molecule has 0 radical (unpaired) electrons. The van der Waals surface area contributed by atoms with Crippen LogP contribution in [0, 0.1) is 5.92 Å². The fourth-order valence-electron chi connectivity index (χ4n) is 3.20. The minimum Gasteiger partial charge on any atom is -0.490 e. The van der Waals surface area contributed by atoms with Gasteiger partial charge in [0, 0.05) is 31.5 Å². The van der Waals surface area contributed by atoms with Gasteiger partial charge < -0.3 is 19.7 Å². The first-order chi connectivity index (χ1) is 13.0. The minimum atomic E-state index is 0.0230. The van der Waals surface area contributed by atoms with Crippen molar-refractivity contribution >= 4 is 11.8 Å². The molecule has 0 aromatic heterocycles. The highest BCUT2D eigenvalue weighted by Crippen LogP contribution is 2.26. The van der Waals surface area contributed by atoms with Crippen LogP contribution in [0.1, 0.15) is 46.5 Å². The first-order valence-corrected chi connectivity index (χ1v) is 9.94. The second kappa shape index (κ2) is 10.8. The Morgan fingerprint density at radius 3 is 2.37 bits per heavy atom. The molecule has 1 saturated heterocycles. The summed E-state index contributed by atoms with van der Waals surface area (Å²) in [7, 11) is 0. The van der Waals surface area contributed by atoms with E-state index in [2.05, 4.69) is 5.32 Å². The number of carbonyl (C=O) groups is 2. The van der Waals surface area contributed by atoms with Gasteiger partial charge in [0.2, 0.25) is 11.8 Å². The molecule has 0 atom stereocenters. The number of hydrogen-bond acceptors (Lipinski definition) is 4. The zero-order valence-corrected chi connectivity index (χ0v) is 16.7. The number of hydrogen-bond donors (Lipinski definition) is 1. The third-order valence-electron chi connectivity index (χ3n) is 4.59. The van der Waals surface area contributed by atoms with Gasteiger partial charge in [-0.3, -0.25) is 9.59 Å². The molecule has 1 heterocycles. The largest absolute Gasteiger partial charge is 0.490 e. The van der Waals surface area contributed by atoms with Crippen LogP contribution in [0.4, 0.5) is 0 Å². The second-order valence-electron chi connectivity index (χ2n) is 7.15. The molecule has 1 aromatic carbocycles. The van der Waals surface area contributed by atoms with Crippen LogP contribution >= 0.6 is 0 Å². The molecular formula is C21H32N2O4. The van der Waals surface area contributed by atoms with Gasteiger partial charge >= 0.3 is 0 Å². The Morgan fingerprint density at radius 1 is 1.15 bits per heavy atom. The molecule has 1 aliphatic rings. The maximum Gasteiger partial charge on any atom is 0.223 e. The van der Waals surface area contributed by atoms with E-state index in [9.17, 15) is 9.59 Å². The van der Waals surface area contributed by atoms with Crippen LogP contribution in [0.25, 0.3) is 0 Å². The minimum absolute atomic E-state index is 0.0230. The van der Waals surface area contributed by atoms with Crippen molar-refractivity contribution in [3.63, 3.8) is 0 Å². The van der Waals surface area contributed by atoms with Crippen molar-refractivity contribution in [2.75, 3.05) is 26.3 Å². The Morgan fingerprint density at radius 2 is 1.78 bits per heavy atom. The van der Waals surface area contributed by atoms with E-state index in [1.54, 1.807) is 0 Å². The molecular weight excluding hydrogens is 344 g/mol. The normalized spacial score (nSPS) is 14.9. The number of amides is 2. The van der Waals surface area contributed by atoms with E-state index in [-0.39, 0.29) is 23.8 Å². The van der Waals surface area contributed by atoms with Crippen LogP contribution in [0.5, 0.6) is 11.5 Å². The number of nitrogens with zero attached hydrogens (tertiary/aromatic N) is 1. The summed E-state index contributed by atoms with van der Waals surface area (Å²) in [6.45, 7) is 8.24. The van der Waals surface area contributed by atoms with Crippen LogP contribution in [0.2, 0.25) is 0 Å². The summed E-state index contributed by atoms with van der Waals surface area (Å²) in [6, 6.07) is 7.73. The SMILES string of the molecule is CCOc1ccccc1OCCCC(=O)N1CCC(C(=O)NC(C)C)CC1. The van der Waals surface area contributed by atoms with Crippen molar-refractivity contribution < 1.29 is 19.1 Å². The zero-order chi connectivity index (χ0) is 19.6. The number of benzene rings is 1. The van der Waals surface area contributed by atoms with Gasteiger partial charge in [-0.2, -0.15) is 0 Å². The molecule has 2 amide bonds. The van der Waals surface area contributed by atoms with E-state index in [1.165, 1.54) is 0 Å². The predicted octanol–water partition coefficient (Wildman–Crippen LogP) is 3.01. The van der Waals surface area contributed by atoms with Crippen LogP contribution in [0.3, 0.4) is 0 Å². The van der Waals surface area contributed by atoms with E-state index in [1.807, 2.05) is 49.9 Å². The summed E-state index contributed by atoms with van der Waals surface area (Å²) < 4.78 is 11.3. The summed E-state index contributed by atoms with van der Waals surface area (Å²) in [5.74, 6) is 1.71. The molecule has 1 aromatic rings. The van der Waals surface area contributed by atoms with Gasteiger partial charge in [0.25, 0.3) is 0 Å². The molecule has 2 rings (SSSR count). The summed E-state index contributed by atoms with van der Waals surface area (Å²) in [4.78, 5) is 26.3. The van der Waals surface area contributed by atoms with E-state index >= 15 is 0 Å². The van der Waals surface area contributed by atoms with E-state index in [0.29, 0.717) is 44.9 Å². The molecule has 1 fully saturated rings. The number of piperidine rings is 1.